The molecule has 0 aliphatic heterocycles. The van der Waals surface area contributed by atoms with Gasteiger partial charge in [0.15, 0.2) is 5.01 Å². The Kier molecular flexibility index (Phi) is 4.91. The maximum atomic E-state index is 13.9. The molecular weight excluding hydrogens is 385 g/mol. The minimum Gasteiger partial charge on any atom is -0.469 e. The molecule has 23 heavy (non-hydrogen) atoms. The second-order valence-corrected chi connectivity index (χ2v) is 7.30. The first-order chi connectivity index (χ1) is 11.1. The predicted octanol–water partition coefficient (Wildman–Crippen LogP) is 3.86. The number of hydrogen-bond donors (Lipinski definition) is 1. The van der Waals surface area contributed by atoms with Crippen LogP contribution in [0.1, 0.15) is 19.3 Å². The molecule has 8 heteroatoms. The zero-order valence-electron chi connectivity index (χ0n) is 12.4. The molecule has 2 aromatic rings. The number of carbonyl (C=O) groups excluding carboxylic acids is 1. The summed E-state index contributed by atoms with van der Waals surface area (Å²) >= 11 is 4.63. The molecule has 0 saturated heterocycles. The SMILES string of the molecule is COC(=O)[C@H]1CC[C@@H](Nc2nnc(-c3cc(Br)ccc3F)s2)C1. The van der Waals surface area contributed by atoms with Crippen molar-refractivity contribution in [2.24, 2.45) is 5.92 Å². The molecule has 1 saturated carbocycles. The Labute approximate surface area is 145 Å². The summed E-state index contributed by atoms with van der Waals surface area (Å²) in [4.78, 5) is 11.5. The van der Waals surface area contributed by atoms with E-state index in [1.165, 1.54) is 24.5 Å². The van der Waals surface area contributed by atoms with Crippen LogP contribution in [0.3, 0.4) is 0 Å². The van der Waals surface area contributed by atoms with Gasteiger partial charge in [-0.1, -0.05) is 27.3 Å². The number of esters is 1. The van der Waals surface area contributed by atoms with Crippen molar-refractivity contribution < 1.29 is 13.9 Å². The molecular formula is C15H15BrFN3O2S. The number of nitrogens with zero attached hydrogens (tertiary/aromatic N) is 2. The molecule has 2 atom stereocenters. The highest BCUT2D eigenvalue weighted by Gasteiger charge is 2.31. The summed E-state index contributed by atoms with van der Waals surface area (Å²) in [6.45, 7) is 0. The van der Waals surface area contributed by atoms with Gasteiger partial charge >= 0.3 is 5.97 Å². The first-order valence-electron chi connectivity index (χ1n) is 7.20. The summed E-state index contributed by atoms with van der Waals surface area (Å²) < 4.78 is 19.5. The van der Waals surface area contributed by atoms with Gasteiger partial charge in [0, 0.05) is 16.1 Å². The average molecular weight is 400 g/mol. The van der Waals surface area contributed by atoms with Gasteiger partial charge in [-0.15, -0.1) is 10.2 Å². The molecule has 1 aliphatic rings. The minimum absolute atomic E-state index is 0.0626. The van der Waals surface area contributed by atoms with E-state index in [-0.39, 0.29) is 23.7 Å². The van der Waals surface area contributed by atoms with Crippen LogP contribution in [0.4, 0.5) is 9.52 Å². The number of aromatic nitrogens is 2. The van der Waals surface area contributed by atoms with Crippen molar-refractivity contribution >= 4 is 38.4 Å². The molecule has 0 bridgehead atoms. The molecule has 1 aliphatic carbocycles. The number of nitrogens with one attached hydrogen (secondary N) is 1. The van der Waals surface area contributed by atoms with Gasteiger partial charge in [0.1, 0.15) is 5.82 Å². The van der Waals surface area contributed by atoms with Gasteiger partial charge in [-0.2, -0.15) is 0 Å². The Hall–Kier alpha value is -1.54. The fourth-order valence-corrected chi connectivity index (χ4v) is 3.92. The highest BCUT2D eigenvalue weighted by molar-refractivity contribution is 9.10. The molecule has 0 radical (unpaired) electrons. The highest BCUT2D eigenvalue weighted by Crippen LogP contribution is 2.33. The Balaban J connectivity index is 1.69. The first kappa shape index (κ1) is 16.3. The van der Waals surface area contributed by atoms with Gasteiger partial charge in [-0.3, -0.25) is 4.79 Å². The van der Waals surface area contributed by atoms with Gasteiger partial charge in [0.2, 0.25) is 5.13 Å². The molecule has 5 nitrogen and oxygen atoms in total. The fraction of sp³-hybridized carbons (Fsp3) is 0.400. The molecule has 122 valence electrons. The van der Waals surface area contributed by atoms with Crippen molar-refractivity contribution in [1.29, 1.82) is 0 Å². The lowest BCUT2D eigenvalue weighted by Gasteiger charge is -2.10. The number of rotatable bonds is 4. The molecule has 0 spiro atoms. The van der Waals surface area contributed by atoms with Gasteiger partial charge in [-0.05, 0) is 37.5 Å². The van der Waals surface area contributed by atoms with Crippen LogP contribution in [0.15, 0.2) is 22.7 Å². The third-order valence-electron chi connectivity index (χ3n) is 3.88. The van der Waals surface area contributed by atoms with E-state index in [0.717, 1.165) is 17.3 Å². The van der Waals surface area contributed by atoms with Crippen LogP contribution >= 0.6 is 27.3 Å². The number of benzene rings is 1. The molecule has 1 fully saturated rings. The fourth-order valence-electron chi connectivity index (χ4n) is 2.72. The normalized spacial score (nSPS) is 20.5. The van der Waals surface area contributed by atoms with Crippen LogP contribution < -0.4 is 5.32 Å². The van der Waals surface area contributed by atoms with E-state index in [1.54, 1.807) is 12.1 Å². The summed E-state index contributed by atoms with van der Waals surface area (Å²) in [6, 6.07) is 4.88. The molecule has 1 aromatic heterocycles. The average Bonchev–Trinajstić information content (AvgIpc) is 3.19. The quantitative estimate of drug-likeness (QED) is 0.790. The van der Waals surface area contributed by atoms with Crippen molar-refractivity contribution in [1.82, 2.24) is 10.2 Å². The van der Waals surface area contributed by atoms with Crippen LogP contribution in [0, 0.1) is 11.7 Å². The largest absolute Gasteiger partial charge is 0.469 e. The lowest BCUT2D eigenvalue weighted by atomic mass is 10.1. The number of carbonyl (C=O) groups is 1. The van der Waals surface area contributed by atoms with E-state index in [1.807, 2.05) is 0 Å². The minimum atomic E-state index is -0.331. The van der Waals surface area contributed by atoms with Crippen LogP contribution in [0.5, 0.6) is 0 Å². The molecule has 0 amide bonds. The van der Waals surface area contributed by atoms with E-state index in [4.69, 9.17) is 4.74 Å². The lowest BCUT2D eigenvalue weighted by Crippen LogP contribution is -2.18. The van der Waals surface area contributed by atoms with Gasteiger partial charge < -0.3 is 10.1 Å². The topological polar surface area (TPSA) is 64.1 Å². The number of halogens is 2. The standard InChI is InChI=1S/C15H15BrFN3O2S/c1-22-14(21)8-2-4-10(6-8)18-15-20-19-13(23-15)11-7-9(16)3-5-12(11)17/h3,5,7-8,10H,2,4,6H2,1H3,(H,18,20)/t8-,10+/m0/s1. The summed E-state index contributed by atoms with van der Waals surface area (Å²) in [5.41, 5.74) is 0.420. The molecule has 1 N–H and O–H groups in total. The van der Waals surface area contributed by atoms with E-state index in [2.05, 4.69) is 31.4 Å². The first-order valence-corrected chi connectivity index (χ1v) is 8.81. The maximum absolute atomic E-state index is 13.9. The molecule has 3 rings (SSSR count). The second-order valence-electron chi connectivity index (χ2n) is 5.41. The molecule has 1 aromatic carbocycles. The van der Waals surface area contributed by atoms with Crippen LogP contribution in [-0.2, 0) is 9.53 Å². The number of ether oxygens (including phenoxy) is 1. The Bertz CT molecular complexity index is 724. The Morgan fingerprint density at radius 1 is 1.43 bits per heavy atom. The predicted molar refractivity (Wildman–Crippen MR) is 89.8 cm³/mol. The van der Waals surface area contributed by atoms with E-state index in [0.29, 0.717) is 22.1 Å². The van der Waals surface area contributed by atoms with Gasteiger partial charge in [0.25, 0.3) is 0 Å². The highest BCUT2D eigenvalue weighted by atomic mass is 79.9. The number of anilines is 1. The van der Waals surface area contributed by atoms with Crippen molar-refractivity contribution in [2.75, 3.05) is 12.4 Å². The van der Waals surface area contributed by atoms with Gasteiger partial charge in [0.05, 0.1) is 13.0 Å². The third-order valence-corrected chi connectivity index (χ3v) is 5.26. The van der Waals surface area contributed by atoms with Crippen LogP contribution in [0.25, 0.3) is 10.6 Å². The molecule has 0 unspecified atom stereocenters. The van der Waals surface area contributed by atoms with Crippen molar-refractivity contribution in [3.8, 4) is 10.6 Å². The van der Waals surface area contributed by atoms with Crippen molar-refractivity contribution in [3.05, 3.63) is 28.5 Å². The maximum Gasteiger partial charge on any atom is 0.308 e. The lowest BCUT2D eigenvalue weighted by molar-refractivity contribution is -0.145. The summed E-state index contributed by atoms with van der Waals surface area (Å²) in [7, 11) is 1.41. The smallest absolute Gasteiger partial charge is 0.308 e. The monoisotopic (exact) mass is 399 g/mol. The zero-order valence-corrected chi connectivity index (χ0v) is 14.8. The Morgan fingerprint density at radius 3 is 3.04 bits per heavy atom. The van der Waals surface area contributed by atoms with E-state index < -0.39 is 0 Å². The third kappa shape index (κ3) is 3.69. The van der Waals surface area contributed by atoms with Gasteiger partial charge in [-0.25, -0.2) is 4.39 Å². The Morgan fingerprint density at radius 2 is 2.26 bits per heavy atom. The summed E-state index contributed by atoms with van der Waals surface area (Å²) in [5, 5.41) is 12.6. The van der Waals surface area contributed by atoms with E-state index >= 15 is 0 Å². The van der Waals surface area contributed by atoms with Crippen LogP contribution in [0.2, 0.25) is 0 Å². The second kappa shape index (κ2) is 6.92. The van der Waals surface area contributed by atoms with Crippen molar-refractivity contribution in [3.63, 3.8) is 0 Å². The van der Waals surface area contributed by atoms with Crippen molar-refractivity contribution in [2.45, 2.75) is 25.3 Å². The van der Waals surface area contributed by atoms with Crippen LogP contribution in [-0.4, -0.2) is 29.3 Å². The van der Waals surface area contributed by atoms with E-state index in [9.17, 15) is 9.18 Å². The zero-order chi connectivity index (χ0) is 16.4. The summed E-state index contributed by atoms with van der Waals surface area (Å²) in [6.07, 6.45) is 2.39. The number of hydrogen-bond acceptors (Lipinski definition) is 6. The number of methoxy groups -OCH3 is 1. The molecule has 1 heterocycles. The summed E-state index contributed by atoms with van der Waals surface area (Å²) in [5.74, 6) is -0.557.